The molecule has 0 spiro atoms. The highest BCUT2D eigenvalue weighted by Crippen LogP contribution is 2.22. The van der Waals surface area contributed by atoms with Gasteiger partial charge in [-0.3, -0.25) is 9.59 Å². The standard InChI is InChI=1S/C18H23N3O3/c1-3-20-8-6-13-4-5-15(10-16(13)20)19-17(23)18(24)21-9-7-14(11-21)12(2)22/h4-6,8,10,12,14,22H,3,7,9,11H2,1-2H3,(H,19,23). The molecule has 2 unspecified atom stereocenters. The molecular formula is C18H23N3O3. The van der Waals surface area contributed by atoms with E-state index in [0.29, 0.717) is 18.8 Å². The predicted octanol–water partition coefficient (Wildman–Crippen LogP) is 1.83. The highest BCUT2D eigenvalue weighted by Gasteiger charge is 2.32. The van der Waals surface area contributed by atoms with Gasteiger partial charge < -0.3 is 19.9 Å². The Hall–Kier alpha value is -2.34. The summed E-state index contributed by atoms with van der Waals surface area (Å²) in [4.78, 5) is 26.0. The summed E-state index contributed by atoms with van der Waals surface area (Å²) in [7, 11) is 0. The Morgan fingerprint density at radius 2 is 2.17 bits per heavy atom. The Morgan fingerprint density at radius 3 is 2.83 bits per heavy atom. The van der Waals surface area contributed by atoms with E-state index in [1.807, 2.05) is 24.4 Å². The highest BCUT2D eigenvalue weighted by molar-refractivity contribution is 6.39. The monoisotopic (exact) mass is 329 g/mol. The number of aryl methyl sites for hydroxylation is 1. The van der Waals surface area contributed by atoms with E-state index in [4.69, 9.17) is 0 Å². The normalized spacial score (nSPS) is 18.8. The van der Waals surface area contributed by atoms with Crippen LogP contribution in [0.4, 0.5) is 5.69 Å². The molecule has 3 rings (SSSR count). The highest BCUT2D eigenvalue weighted by atomic mass is 16.3. The van der Waals surface area contributed by atoms with Gasteiger partial charge in [-0.05, 0) is 43.9 Å². The van der Waals surface area contributed by atoms with E-state index in [2.05, 4.69) is 16.8 Å². The van der Waals surface area contributed by atoms with Crippen LogP contribution in [0.15, 0.2) is 30.5 Å². The Balaban J connectivity index is 1.69. The number of aliphatic hydroxyl groups excluding tert-OH is 1. The summed E-state index contributed by atoms with van der Waals surface area (Å²) in [6.07, 6.45) is 2.27. The number of carbonyl (C=O) groups excluding carboxylic acids is 2. The summed E-state index contributed by atoms with van der Waals surface area (Å²) in [5.74, 6) is -1.12. The molecule has 1 saturated heterocycles. The maximum Gasteiger partial charge on any atom is 0.313 e. The van der Waals surface area contributed by atoms with E-state index in [-0.39, 0.29) is 5.92 Å². The minimum atomic E-state index is -0.629. The van der Waals surface area contributed by atoms with Gasteiger partial charge in [0.1, 0.15) is 0 Å². The summed E-state index contributed by atoms with van der Waals surface area (Å²) in [6.45, 7) is 5.56. The fraction of sp³-hybridized carbons (Fsp3) is 0.444. The summed E-state index contributed by atoms with van der Waals surface area (Å²) < 4.78 is 2.08. The Morgan fingerprint density at radius 1 is 1.38 bits per heavy atom. The third-order valence-corrected chi connectivity index (χ3v) is 4.76. The maximum absolute atomic E-state index is 12.3. The number of hydrogen-bond donors (Lipinski definition) is 2. The van der Waals surface area contributed by atoms with Gasteiger partial charge in [-0.25, -0.2) is 0 Å². The maximum atomic E-state index is 12.3. The number of nitrogens with zero attached hydrogens (tertiary/aromatic N) is 2. The van der Waals surface area contributed by atoms with Gasteiger partial charge in [0, 0.05) is 37.4 Å². The molecular weight excluding hydrogens is 306 g/mol. The Kier molecular flexibility index (Phi) is 4.57. The number of nitrogens with one attached hydrogen (secondary N) is 1. The molecule has 1 aromatic carbocycles. The van der Waals surface area contributed by atoms with Crippen LogP contribution in [0.25, 0.3) is 10.9 Å². The predicted molar refractivity (Wildman–Crippen MR) is 92.6 cm³/mol. The van der Waals surface area contributed by atoms with Crippen LogP contribution in [0, 0.1) is 5.92 Å². The van der Waals surface area contributed by atoms with Crippen molar-refractivity contribution in [1.82, 2.24) is 9.47 Å². The van der Waals surface area contributed by atoms with Crippen molar-refractivity contribution < 1.29 is 14.7 Å². The number of anilines is 1. The number of fused-ring (bicyclic) bond motifs is 1. The van der Waals surface area contributed by atoms with Gasteiger partial charge in [0.15, 0.2) is 0 Å². The Bertz CT molecular complexity index is 766. The van der Waals surface area contributed by atoms with Crippen molar-refractivity contribution in [3.8, 4) is 0 Å². The first-order chi connectivity index (χ1) is 11.5. The zero-order valence-electron chi connectivity index (χ0n) is 14.0. The molecule has 2 aromatic rings. The fourth-order valence-corrected chi connectivity index (χ4v) is 3.23. The summed E-state index contributed by atoms with van der Waals surface area (Å²) >= 11 is 0. The first-order valence-electron chi connectivity index (χ1n) is 8.36. The van der Waals surface area contributed by atoms with Gasteiger partial charge >= 0.3 is 11.8 Å². The molecule has 24 heavy (non-hydrogen) atoms. The second-order valence-corrected chi connectivity index (χ2v) is 6.37. The van der Waals surface area contributed by atoms with E-state index in [1.54, 1.807) is 13.0 Å². The van der Waals surface area contributed by atoms with Crippen LogP contribution in [0.5, 0.6) is 0 Å². The van der Waals surface area contributed by atoms with Crippen LogP contribution < -0.4 is 5.32 Å². The van der Waals surface area contributed by atoms with Crippen LogP contribution in [0.2, 0.25) is 0 Å². The quantitative estimate of drug-likeness (QED) is 0.844. The first kappa shape index (κ1) is 16.5. The number of rotatable bonds is 3. The summed E-state index contributed by atoms with van der Waals surface area (Å²) in [6, 6.07) is 7.64. The van der Waals surface area contributed by atoms with E-state index in [0.717, 1.165) is 23.9 Å². The minimum absolute atomic E-state index is 0.0472. The zero-order chi connectivity index (χ0) is 17.3. The van der Waals surface area contributed by atoms with Crippen LogP contribution in [-0.2, 0) is 16.1 Å². The van der Waals surface area contributed by atoms with E-state index in [9.17, 15) is 14.7 Å². The van der Waals surface area contributed by atoms with Gasteiger partial charge in [0.2, 0.25) is 0 Å². The lowest BCUT2D eigenvalue weighted by molar-refractivity contribution is -0.142. The molecule has 128 valence electrons. The average Bonchev–Trinajstić information content (AvgIpc) is 3.20. The van der Waals surface area contributed by atoms with Gasteiger partial charge in [0.05, 0.1) is 11.6 Å². The first-order valence-corrected chi connectivity index (χ1v) is 8.36. The van der Waals surface area contributed by atoms with Crippen LogP contribution in [0.3, 0.4) is 0 Å². The van der Waals surface area contributed by atoms with E-state index >= 15 is 0 Å². The van der Waals surface area contributed by atoms with Gasteiger partial charge in [-0.1, -0.05) is 6.07 Å². The summed E-state index contributed by atoms with van der Waals surface area (Å²) in [5.41, 5.74) is 1.64. The van der Waals surface area contributed by atoms with Crippen molar-refractivity contribution in [1.29, 1.82) is 0 Å². The van der Waals surface area contributed by atoms with Crippen molar-refractivity contribution in [2.45, 2.75) is 32.9 Å². The average molecular weight is 329 g/mol. The molecule has 0 radical (unpaired) electrons. The second-order valence-electron chi connectivity index (χ2n) is 6.37. The molecule has 6 nitrogen and oxygen atoms in total. The molecule has 2 atom stereocenters. The molecule has 0 saturated carbocycles. The number of carbonyl (C=O) groups is 2. The lowest BCUT2D eigenvalue weighted by Crippen LogP contribution is -2.38. The second kappa shape index (κ2) is 6.65. The van der Waals surface area contributed by atoms with Gasteiger partial charge in [-0.2, -0.15) is 0 Å². The number of aromatic nitrogens is 1. The lowest BCUT2D eigenvalue weighted by Gasteiger charge is -2.17. The zero-order valence-corrected chi connectivity index (χ0v) is 14.0. The number of hydrogen-bond acceptors (Lipinski definition) is 3. The molecule has 1 aromatic heterocycles. The largest absolute Gasteiger partial charge is 0.393 e. The number of likely N-dealkylation sites (tertiary alicyclic amines) is 1. The van der Waals surface area contributed by atoms with Crippen molar-refractivity contribution >= 4 is 28.4 Å². The molecule has 6 heteroatoms. The van der Waals surface area contributed by atoms with Crippen LogP contribution in [-0.4, -0.2) is 45.6 Å². The smallest absolute Gasteiger partial charge is 0.313 e. The molecule has 2 amide bonds. The fourth-order valence-electron chi connectivity index (χ4n) is 3.23. The van der Waals surface area contributed by atoms with Crippen molar-refractivity contribution in [2.75, 3.05) is 18.4 Å². The Labute approximate surface area is 141 Å². The molecule has 2 N–H and O–H groups in total. The van der Waals surface area contributed by atoms with Crippen LogP contribution >= 0.6 is 0 Å². The molecule has 0 aliphatic carbocycles. The van der Waals surface area contributed by atoms with Crippen molar-refractivity contribution in [3.05, 3.63) is 30.5 Å². The topological polar surface area (TPSA) is 74.6 Å². The molecule has 0 bridgehead atoms. The lowest BCUT2D eigenvalue weighted by atomic mass is 10.0. The van der Waals surface area contributed by atoms with E-state index in [1.165, 1.54) is 4.90 Å². The number of benzene rings is 1. The van der Waals surface area contributed by atoms with Crippen molar-refractivity contribution in [3.63, 3.8) is 0 Å². The number of amides is 2. The number of aliphatic hydroxyl groups is 1. The van der Waals surface area contributed by atoms with Crippen LogP contribution in [0.1, 0.15) is 20.3 Å². The van der Waals surface area contributed by atoms with Gasteiger partial charge in [0.25, 0.3) is 0 Å². The van der Waals surface area contributed by atoms with E-state index < -0.39 is 17.9 Å². The van der Waals surface area contributed by atoms with Crippen molar-refractivity contribution in [2.24, 2.45) is 5.92 Å². The molecule has 1 fully saturated rings. The third kappa shape index (κ3) is 3.14. The minimum Gasteiger partial charge on any atom is -0.393 e. The summed E-state index contributed by atoms with van der Waals surface area (Å²) in [5, 5.41) is 13.4. The third-order valence-electron chi connectivity index (χ3n) is 4.76. The van der Waals surface area contributed by atoms with Gasteiger partial charge in [-0.15, -0.1) is 0 Å². The molecule has 1 aliphatic rings. The SMILES string of the molecule is CCn1ccc2ccc(NC(=O)C(=O)N3CCC(C(C)O)C3)cc21. The molecule has 2 heterocycles. The molecule has 1 aliphatic heterocycles.